The number of hydrogen-bond acceptors (Lipinski definition) is 3. The lowest BCUT2D eigenvalue weighted by atomic mass is 9.81. The number of ether oxygens (including phenoxy) is 1. The fraction of sp³-hybridized carbons (Fsp3) is 0.688. The Morgan fingerprint density at radius 1 is 1.37 bits per heavy atom. The highest BCUT2D eigenvalue weighted by molar-refractivity contribution is 5.15. The van der Waals surface area contributed by atoms with Crippen molar-refractivity contribution in [3.8, 4) is 0 Å². The van der Waals surface area contributed by atoms with Gasteiger partial charge in [0.25, 0.3) is 0 Å². The molecule has 1 N–H and O–H groups in total. The van der Waals surface area contributed by atoms with Crippen molar-refractivity contribution < 1.29 is 9.84 Å². The summed E-state index contributed by atoms with van der Waals surface area (Å²) in [5.41, 5.74) is 2.01. The van der Waals surface area contributed by atoms with E-state index in [0.717, 1.165) is 43.5 Å². The number of aliphatic hydroxyl groups excluding tert-OH is 1. The minimum Gasteiger partial charge on any atom is -0.387 e. The Morgan fingerprint density at radius 3 is 2.84 bits per heavy atom. The molecule has 3 rings (SSSR count). The Morgan fingerprint density at radius 2 is 2.16 bits per heavy atom. The van der Waals surface area contributed by atoms with Crippen LogP contribution in [0.1, 0.15) is 55.9 Å². The maximum absolute atomic E-state index is 10.6. The summed E-state index contributed by atoms with van der Waals surface area (Å²) in [6, 6.07) is 3.98. The van der Waals surface area contributed by atoms with E-state index in [0.29, 0.717) is 5.92 Å². The highest BCUT2D eigenvalue weighted by Crippen LogP contribution is 2.45. The van der Waals surface area contributed by atoms with Gasteiger partial charge in [-0.2, -0.15) is 0 Å². The molecule has 0 radical (unpaired) electrons. The summed E-state index contributed by atoms with van der Waals surface area (Å²) in [5.74, 6) is 0.294. The van der Waals surface area contributed by atoms with Gasteiger partial charge in [0, 0.05) is 12.8 Å². The first-order chi connectivity index (χ1) is 9.19. The van der Waals surface area contributed by atoms with Crippen LogP contribution in [-0.4, -0.2) is 22.3 Å². The Kier molecular flexibility index (Phi) is 3.59. The number of pyridine rings is 1. The second kappa shape index (κ2) is 5.22. The largest absolute Gasteiger partial charge is 0.387 e. The van der Waals surface area contributed by atoms with Crippen molar-refractivity contribution in [2.45, 2.75) is 57.2 Å². The number of aromatic nitrogens is 1. The molecule has 2 atom stereocenters. The van der Waals surface area contributed by atoms with Crippen molar-refractivity contribution in [3.05, 3.63) is 29.6 Å². The van der Waals surface area contributed by atoms with E-state index in [1.54, 1.807) is 0 Å². The molecule has 1 aromatic rings. The number of hydrogen-bond donors (Lipinski definition) is 1. The lowest BCUT2D eigenvalue weighted by molar-refractivity contribution is -0.113. The molecule has 1 aliphatic heterocycles. The smallest absolute Gasteiger partial charge is 0.0989 e. The lowest BCUT2D eigenvalue weighted by Crippen LogP contribution is -2.39. The van der Waals surface area contributed by atoms with E-state index in [2.05, 4.69) is 4.98 Å². The standard InChI is InChI=1S/C16H23NO2/c1-12-4-5-14(17-11-12)15(18)13-6-9-19-16(10-13)7-2-3-8-16/h4-5,11,13,15,18H,2-3,6-10H2,1H3. The van der Waals surface area contributed by atoms with E-state index in [-0.39, 0.29) is 5.60 Å². The first-order valence-electron chi connectivity index (χ1n) is 7.43. The molecule has 2 fully saturated rings. The molecule has 3 nitrogen and oxygen atoms in total. The van der Waals surface area contributed by atoms with E-state index in [9.17, 15) is 5.11 Å². The van der Waals surface area contributed by atoms with E-state index in [1.807, 2.05) is 25.3 Å². The zero-order chi connectivity index (χ0) is 13.3. The van der Waals surface area contributed by atoms with Crippen LogP contribution in [0.3, 0.4) is 0 Å². The van der Waals surface area contributed by atoms with Crippen LogP contribution in [0.5, 0.6) is 0 Å². The summed E-state index contributed by atoms with van der Waals surface area (Å²) < 4.78 is 6.03. The monoisotopic (exact) mass is 261 g/mol. The predicted octanol–water partition coefficient (Wildman–Crippen LogP) is 3.16. The maximum Gasteiger partial charge on any atom is 0.0989 e. The lowest BCUT2D eigenvalue weighted by Gasteiger charge is -2.39. The van der Waals surface area contributed by atoms with Crippen LogP contribution in [-0.2, 0) is 4.74 Å². The quantitative estimate of drug-likeness (QED) is 0.889. The van der Waals surface area contributed by atoms with Gasteiger partial charge in [0.2, 0.25) is 0 Å². The molecule has 2 unspecified atom stereocenters. The van der Waals surface area contributed by atoms with Crippen LogP contribution in [0.4, 0.5) is 0 Å². The third kappa shape index (κ3) is 2.67. The SMILES string of the molecule is Cc1ccc(C(O)C2CCOC3(CCCC3)C2)nc1. The number of nitrogens with zero attached hydrogens (tertiary/aromatic N) is 1. The molecule has 0 bridgehead atoms. The molecular formula is C16H23NO2. The Bertz CT molecular complexity index is 423. The van der Waals surface area contributed by atoms with Gasteiger partial charge in [-0.25, -0.2) is 0 Å². The second-order valence-corrected chi connectivity index (χ2v) is 6.20. The van der Waals surface area contributed by atoms with Gasteiger partial charge in [-0.1, -0.05) is 18.9 Å². The minimum absolute atomic E-state index is 0.0641. The number of rotatable bonds is 2. The average Bonchev–Trinajstić information content (AvgIpc) is 2.87. The van der Waals surface area contributed by atoms with Crippen LogP contribution in [0.25, 0.3) is 0 Å². The molecule has 1 saturated carbocycles. The number of aryl methyl sites for hydroxylation is 1. The third-order valence-corrected chi connectivity index (χ3v) is 4.73. The van der Waals surface area contributed by atoms with E-state index in [4.69, 9.17) is 4.74 Å². The van der Waals surface area contributed by atoms with Gasteiger partial charge in [0.15, 0.2) is 0 Å². The Labute approximate surface area is 115 Å². The van der Waals surface area contributed by atoms with Crippen LogP contribution < -0.4 is 0 Å². The van der Waals surface area contributed by atoms with Gasteiger partial charge >= 0.3 is 0 Å². The zero-order valence-corrected chi connectivity index (χ0v) is 11.6. The molecule has 2 aliphatic rings. The average molecular weight is 261 g/mol. The summed E-state index contributed by atoms with van der Waals surface area (Å²) in [4.78, 5) is 4.38. The molecule has 1 spiro atoms. The van der Waals surface area contributed by atoms with Crippen molar-refractivity contribution in [2.24, 2.45) is 5.92 Å². The molecule has 2 heterocycles. The maximum atomic E-state index is 10.6. The van der Waals surface area contributed by atoms with Crippen LogP contribution in [0.15, 0.2) is 18.3 Å². The van der Waals surface area contributed by atoms with Crippen LogP contribution in [0.2, 0.25) is 0 Å². The van der Waals surface area contributed by atoms with Crippen molar-refractivity contribution in [1.29, 1.82) is 0 Å². The molecule has 1 aromatic heterocycles. The Hall–Kier alpha value is -0.930. The molecule has 1 aliphatic carbocycles. The molecule has 19 heavy (non-hydrogen) atoms. The zero-order valence-electron chi connectivity index (χ0n) is 11.6. The van der Waals surface area contributed by atoms with Crippen LogP contribution >= 0.6 is 0 Å². The van der Waals surface area contributed by atoms with Crippen molar-refractivity contribution in [2.75, 3.05) is 6.61 Å². The highest BCUT2D eigenvalue weighted by atomic mass is 16.5. The molecule has 3 heteroatoms. The van der Waals surface area contributed by atoms with E-state index in [1.165, 1.54) is 12.8 Å². The molecule has 0 amide bonds. The molecular weight excluding hydrogens is 238 g/mol. The second-order valence-electron chi connectivity index (χ2n) is 6.20. The van der Waals surface area contributed by atoms with Crippen molar-refractivity contribution >= 4 is 0 Å². The molecule has 1 saturated heterocycles. The summed E-state index contributed by atoms with van der Waals surface area (Å²) >= 11 is 0. The molecule has 0 aromatic carbocycles. The topological polar surface area (TPSA) is 42.4 Å². The fourth-order valence-corrected chi connectivity index (χ4v) is 3.60. The fourth-order valence-electron chi connectivity index (χ4n) is 3.60. The van der Waals surface area contributed by atoms with Gasteiger partial charge in [0.05, 0.1) is 17.4 Å². The summed E-state index contributed by atoms with van der Waals surface area (Å²) in [6.07, 6.45) is 8.19. The third-order valence-electron chi connectivity index (χ3n) is 4.73. The first kappa shape index (κ1) is 13.1. The Balaban J connectivity index is 1.72. The highest BCUT2D eigenvalue weighted by Gasteiger charge is 2.42. The normalized spacial score (nSPS) is 27.6. The summed E-state index contributed by atoms with van der Waals surface area (Å²) in [6.45, 7) is 2.80. The summed E-state index contributed by atoms with van der Waals surface area (Å²) in [5, 5.41) is 10.6. The van der Waals surface area contributed by atoms with Gasteiger partial charge in [-0.05, 0) is 50.2 Å². The van der Waals surface area contributed by atoms with Gasteiger partial charge in [-0.3, -0.25) is 4.98 Å². The predicted molar refractivity (Wildman–Crippen MR) is 73.8 cm³/mol. The van der Waals surface area contributed by atoms with E-state index < -0.39 is 6.10 Å². The van der Waals surface area contributed by atoms with Crippen LogP contribution in [0, 0.1) is 12.8 Å². The van der Waals surface area contributed by atoms with Gasteiger partial charge in [0.1, 0.15) is 0 Å². The first-order valence-corrected chi connectivity index (χ1v) is 7.43. The van der Waals surface area contributed by atoms with Gasteiger partial charge in [-0.15, -0.1) is 0 Å². The minimum atomic E-state index is -0.443. The molecule has 104 valence electrons. The summed E-state index contributed by atoms with van der Waals surface area (Å²) in [7, 11) is 0. The van der Waals surface area contributed by atoms with Crippen molar-refractivity contribution in [1.82, 2.24) is 4.98 Å². The number of aliphatic hydroxyl groups is 1. The van der Waals surface area contributed by atoms with Crippen molar-refractivity contribution in [3.63, 3.8) is 0 Å². The van der Waals surface area contributed by atoms with Gasteiger partial charge < -0.3 is 9.84 Å². The van der Waals surface area contributed by atoms with E-state index >= 15 is 0 Å².